The first-order chi connectivity index (χ1) is 7.92. The fourth-order valence-electron chi connectivity index (χ4n) is 2.30. The van der Waals surface area contributed by atoms with E-state index in [4.69, 9.17) is 0 Å². The van der Waals surface area contributed by atoms with Gasteiger partial charge in [-0.15, -0.1) is 0 Å². The van der Waals surface area contributed by atoms with Crippen molar-refractivity contribution in [3.8, 4) is 0 Å². The summed E-state index contributed by atoms with van der Waals surface area (Å²) >= 11 is 0. The Morgan fingerprint density at radius 1 is 1.12 bits per heavy atom. The lowest BCUT2D eigenvalue weighted by atomic mass is 10.1. The van der Waals surface area contributed by atoms with Crippen molar-refractivity contribution in [3.63, 3.8) is 0 Å². The molecule has 0 unspecified atom stereocenters. The van der Waals surface area contributed by atoms with Crippen LogP contribution in [0.5, 0.6) is 0 Å². The van der Waals surface area contributed by atoms with E-state index in [0.717, 1.165) is 13.1 Å². The molecule has 0 atom stereocenters. The predicted octanol–water partition coefficient (Wildman–Crippen LogP) is 2.89. The van der Waals surface area contributed by atoms with Crippen LogP contribution in [-0.4, -0.2) is 11.1 Å². The van der Waals surface area contributed by atoms with Gasteiger partial charge < -0.3 is 9.88 Å². The summed E-state index contributed by atoms with van der Waals surface area (Å²) in [5.74, 6) is 0. The van der Waals surface area contributed by atoms with Crippen molar-refractivity contribution in [1.82, 2.24) is 4.57 Å². The molecule has 2 heterocycles. The summed E-state index contributed by atoms with van der Waals surface area (Å²) in [6, 6.07) is 10.6. The molecular formula is C14H16N2. The monoisotopic (exact) mass is 212 g/mol. The lowest BCUT2D eigenvalue weighted by molar-refractivity contribution is 0.797. The van der Waals surface area contributed by atoms with Crippen molar-refractivity contribution >= 4 is 5.69 Å². The molecule has 0 spiro atoms. The Labute approximate surface area is 95.9 Å². The number of fused-ring (bicyclic) bond motifs is 1. The fourth-order valence-corrected chi connectivity index (χ4v) is 2.30. The Bertz CT molecular complexity index is 447. The third-order valence-corrected chi connectivity index (χ3v) is 3.11. The van der Waals surface area contributed by atoms with Gasteiger partial charge in [0.05, 0.1) is 5.69 Å². The summed E-state index contributed by atoms with van der Waals surface area (Å²) in [5, 5.41) is 3.45. The fraction of sp³-hybridized carbons (Fsp3) is 0.286. The number of benzene rings is 1. The highest BCUT2D eigenvalue weighted by Gasteiger charge is 2.10. The molecule has 0 fully saturated rings. The summed E-state index contributed by atoms with van der Waals surface area (Å²) in [4.78, 5) is 0. The summed E-state index contributed by atoms with van der Waals surface area (Å²) in [7, 11) is 0. The van der Waals surface area contributed by atoms with Gasteiger partial charge in [-0.25, -0.2) is 0 Å². The van der Waals surface area contributed by atoms with E-state index < -0.39 is 0 Å². The number of nitrogens with one attached hydrogen (secondary N) is 1. The van der Waals surface area contributed by atoms with Crippen LogP contribution in [0.2, 0.25) is 0 Å². The lowest BCUT2D eigenvalue weighted by Crippen LogP contribution is -2.09. The van der Waals surface area contributed by atoms with Crippen molar-refractivity contribution < 1.29 is 0 Å². The van der Waals surface area contributed by atoms with Gasteiger partial charge in [-0.3, -0.25) is 0 Å². The largest absolute Gasteiger partial charge is 0.384 e. The zero-order valence-electron chi connectivity index (χ0n) is 9.32. The summed E-state index contributed by atoms with van der Waals surface area (Å²) in [5.41, 5.74) is 4.14. The number of aryl methyl sites for hydroxylation is 1. The van der Waals surface area contributed by atoms with Crippen molar-refractivity contribution in [2.45, 2.75) is 19.4 Å². The lowest BCUT2D eigenvalue weighted by Gasteiger charge is -2.12. The SMILES string of the molecule is c1ccc(Cn2cc3c(c2)NCCC3)cc1. The van der Waals surface area contributed by atoms with E-state index >= 15 is 0 Å². The van der Waals surface area contributed by atoms with E-state index in [1.54, 1.807) is 0 Å². The minimum atomic E-state index is 0.968. The molecule has 2 nitrogen and oxygen atoms in total. The van der Waals surface area contributed by atoms with E-state index in [1.807, 2.05) is 0 Å². The Balaban J connectivity index is 1.83. The number of nitrogens with zero attached hydrogens (tertiary/aromatic N) is 1. The smallest absolute Gasteiger partial charge is 0.0552 e. The standard InChI is InChI=1S/C14H16N2/c1-2-5-12(6-3-1)9-16-10-13-7-4-8-15-14(13)11-16/h1-3,5-6,10-11,15H,4,7-9H2. The molecule has 16 heavy (non-hydrogen) atoms. The van der Waals surface area contributed by atoms with Gasteiger partial charge >= 0.3 is 0 Å². The van der Waals surface area contributed by atoms with Gasteiger partial charge in [-0.2, -0.15) is 0 Å². The van der Waals surface area contributed by atoms with Crippen molar-refractivity contribution in [2.75, 3.05) is 11.9 Å². The maximum absolute atomic E-state index is 3.45. The Hall–Kier alpha value is -1.70. The summed E-state index contributed by atoms with van der Waals surface area (Å²) in [6.45, 7) is 2.08. The minimum Gasteiger partial charge on any atom is -0.384 e. The molecule has 0 radical (unpaired) electrons. The number of anilines is 1. The number of hydrogen-bond acceptors (Lipinski definition) is 1. The maximum Gasteiger partial charge on any atom is 0.0552 e. The Kier molecular flexibility index (Phi) is 2.41. The molecule has 1 aliphatic rings. The van der Waals surface area contributed by atoms with Crippen molar-refractivity contribution in [1.29, 1.82) is 0 Å². The van der Waals surface area contributed by atoms with Gasteiger partial charge in [-0.1, -0.05) is 30.3 Å². The van der Waals surface area contributed by atoms with Crippen molar-refractivity contribution in [3.05, 3.63) is 53.9 Å². The van der Waals surface area contributed by atoms with E-state index in [9.17, 15) is 0 Å². The summed E-state index contributed by atoms with van der Waals surface area (Å²) < 4.78 is 2.28. The maximum atomic E-state index is 3.45. The second-order valence-corrected chi connectivity index (χ2v) is 4.39. The first-order valence-electron chi connectivity index (χ1n) is 5.88. The van der Waals surface area contributed by atoms with E-state index in [2.05, 4.69) is 52.6 Å². The molecule has 1 aromatic heterocycles. The summed E-state index contributed by atoms with van der Waals surface area (Å²) in [6.07, 6.45) is 6.96. The average Bonchev–Trinajstić information content (AvgIpc) is 2.72. The molecule has 82 valence electrons. The van der Waals surface area contributed by atoms with Crippen LogP contribution >= 0.6 is 0 Å². The van der Waals surface area contributed by atoms with Crippen molar-refractivity contribution in [2.24, 2.45) is 0 Å². The number of aromatic nitrogens is 1. The molecule has 2 aromatic rings. The zero-order valence-corrected chi connectivity index (χ0v) is 9.32. The van der Waals surface area contributed by atoms with Crippen LogP contribution in [0.3, 0.4) is 0 Å². The molecule has 1 aliphatic heterocycles. The Morgan fingerprint density at radius 3 is 2.81 bits per heavy atom. The van der Waals surface area contributed by atoms with Gasteiger partial charge in [0.25, 0.3) is 0 Å². The molecule has 2 heteroatoms. The highest BCUT2D eigenvalue weighted by molar-refractivity contribution is 5.52. The average molecular weight is 212 g/mol. The van der Waals surface area contributed by atoms with E-state index in [-0.39, 0.29) is 0 Å². The van der Waals surface area contributed by atoms with Gasteiger partial charge in [-0.05, 0) is 24.0 Å². The van der Waals surface area contributed by atoms with Crippen LogP contribution in [0, 0.1) is 0 Å². The van der Waals surface area contributed by atoms with Crippen LogP contribution in [0.4, 0.5) is 5.69 Å². The molecule has 0 saturated carbocycles. The zero-order chi connectivity index (χ0) is 10.8. The van der Waals surface area contributed by atoms with Crippen LogP contribution in [0.25, 0.3) is 0 Å². The van der Waals surface area contributed by atoms with E-state index in [1.165, 1.54) is 29.7 Å². The first kappa shape index (κ1) is 9.52. The molecule has 0 aliphatic carbocycles. The molecule has 0 bridgehead atoms. The van der Waals surface area contributed by atoms with Crippen LogP contribution in [0.1, 0.15) is 17.5 Å². The van der Waals surface area contributed by atoms with E-state index in [0.29, 0.717) is 0 Å². The highest BCUT2D eigenvalue weighted by atomic mass is 15.0. The van der Waals surface area contributed by atoms with Crippen LogP contribution in [0.15, 0.2) is 42.7 Å². The second kappa shape index (κ2) is 4.05. The quantitative estimate of drug-likeness (QED) is 0.810. The Morgan fingerprint density at radius 2 is 2.00 bits per heavy atom. The highest BCUT2D eigenvalue weighted by Crippen LogP contribution is 2.23. The topological polar surface area (TPSA) is 17.0 Å². The minimum absolute atomic E-state index is 0.968. The van der Waals surface area contributed by atoms with Gasteiger partial charge in [0.2, 0.25) is 0 Å². The molecule has 1 N–H and O–H groups in total. The molecular weight excluding hydrogens is 196 g/mol. The van der Waals surface area contributed by atoms with Crippen LogP contribution in [-0.2, 0) is 13.0 Å². The molecule has 0 saturated heterocycles. The van der Waals surface area contributed by atoms with Gasteiger partial charge in [0.1, 0.15) is 0 Å². The van der Waals surface area contributed by atoms with Gasteiger partial charge in [0.15, 0.2) is 0 Å². The number of hydrogen-bond donors (Lipinski definition) is 1. The van der Waals surface area contributed by atoms with Crippen LogP contribution < -0.4 is 5.32 Å². The first-order valence-corrected chi connectivity index (χ1v) is 5.88. The molecule has 0 amide bonds. The third-order valence-electron chi connectivity index (χ3n) is 3.11. The van der Waals surface area contributed by atoms with Gasteiger partial charge in [0, 0.05) is 25.5 Å². The molecule has 3 rings (SSSR count). The number of rotatable bonds is 2. The second-order valence-electron chi connectivity index (χ2n) is 4.39. The third kappa shape index (κ3) is 1.83. The normalized spacial score (nSPS) is 14.2. The predicted molar refractivity (Wildman–Crippen MR) is 66.8 cm³/mol. The molecule has 1 aromatic carbocycles.